The number of nitrogens with zero attached hydrogens (tertiary/aromatic N) is 4. The molecule has 47 heavy (non-hydrogen) atoms. The number of hydrogen-bond donors (Lipinski definition) is 2. The molecule has 0 aliphatic carbocycles. The Bertz CT molecular complexity index is 1880. The lowest BCUT2D eigenvalue weighted by molar-refractivity contribution is -0.117. The number of carbonyl (C=O) groups excluding carboxylic acids is 2. The fourth-order valence-electron chi connectivity index (χ4n) is 4.62. The molecule has 17 heteroatoms. The van der Waals surface area contributed by atoms with Crippen molar-refractivity contribution in [1.29, 1.82) is 0 Å². The summed E-state index contributed by atoms with van der Waals surface area (Å²) in [5.74, 6) is 0.975. The largest absolute Gasteiger partial charge is 0.493 e. The number of rotatable bonds is 12. The van der Waals surface area contributed by atoms with E-state index in [9.17, 15) is 18.0 Å². The van der Waals surface area contributed by atoms with Crippen LogP contribution in [-0.4, -0.2) is 68.7 Å². The van der Waals surface area contributed by atoms with Crippen LogP contribution in [0.15, 0.2) is 77.8 Å². The molecule has 4 aromatic rings. The lowest BCUT2D eigenvalue weighted by Crippen LogP contribution is -2.38. The SMILES string of the molecule is COc1ccccc1OC1CCC(=O)N1c1nc(NS(=O)(=O)c2ccc3c(c2)OCO3)cc(OCCOC(=O)Nc2ccccn2)n1. The summed E-state index contributed by atoms with van der Waals surface area (Å²) in [5, 5.41) is 2.48. The molecule has 16 nitrogen and oxygen atoms in total. The Balaban J connectivity index is 1.23. The summed E-state index contributed by atoms with van der Waals surface area (Å²) >= 11 is 0. The summed E-state index contributed by atoms with van der Waals surface area (Å²) in [6.07, 6.45) is 0.327. The van der Waals surface area contributed by atoms with Gasteiger partial charge < -0.3 is 28.4 Å². The van der Waals surface area contributed by atoms with Crippen molar-refractivity contribution < 1.29 is 46.4 Å². The van der Waals surface area contributed by atoms with Gasteiger partial charge in [-0.3, -0.25) is 14.8 Å². The standard InChI is InChI=1S/C30H28N6O10S/c1-41-20-6-2-3-7-22(20)46-28-12-11-27(37)36(28)29-32-25(35-47(39,40)19-9-10-21-23(16-19)45-18-44-21)17-26(34-29)42-14-15-43-30(38)33-24-8-4-5-13-31-24/h2-10,13,16-17,28H,11-12,14-15,18H2,1H3,(H,31,33,38)(H,32,34,35). The summed E-state index contributed by atoms with van der Waals surface area (Å²) in [7, 11) is -2.71. The van der Waals surface area contributed by atoms with Gasteiger partial charge in [-0.2, -0.15) is 9.97 Å². The number of methoxy groups -OCH3 is 1. The molecule has 2 aliphatic rings. The average Bonchev–Trinajstić information content (AvgIpc) is 3.69. The van der Waals surface area contributed by atoms with Gasteiger partial charge in [0.15, 0.2) is 29.2 Å². The summed E-state index contributed by atoms with van der Waals surface area (Å²) in [6.45, 7) is -0.396. The molecule has 0 radical (unpaired) electrons. The molecule has 2 aromatic heterocycles. The zero-order chi connectivity index (χ0) is 32.8. The molecule has 1 saturated heterocycles. The average molecular weight is 665 g/mol. The minimum atomic E-state index is -4.21. The van der Waals surface area contributed by atoms with Gasteiger partial charge in [-0.25, -0.2) is 23.1 Å². The second-order valence-corrected chi connectivity index (χ2v) is 11.5. The van der Waals surface area contributed by atoms with Gasteiger partial charge in [0.2, 0.25) is 24.5 Å². The second-order valence-electron chi connectivity index (χ2n) is 9.86. The Kier molecular flexibility index (Phi) is 9.05. The Hall–Kier alpha value is -5.84. The number of para-hydroxylation sites is 2. The van der Waals surface area contributed by atoms with Gasteiger partial charge in [0.05, 0.1) is 12.0 Å². The van der Waals surface area contributed by atoms with E-state index in [1.165, 1.54) is 42.5 Å². The fourth-order valence-corrected chi connectivity index (χ4v) is 5.62. The monoisotopic (exact) mass is 664 g/mol. The first kappa shape index (κ1) is 31.2. The molecule has 0 bridgehead atoms. The molecule has 0 spiro atoms. The Morgan fingerprint density at radius 2 is 1.79 bits per heavy atom. The summed E-state index contributed by atoms with van der Waals surface area (Å²) in [5.41, 5.74) is 0. The number of ether oxygens (including phenoxy) is 6. The number of hydrogen-bond acceptors (Lipinski definition) is 13. The van der Waals surface area contributed by atoms with Gasteiger partial charge in [0.25, 0.3) is 10.0 Å². The van der Waals surface area contributed by atoms with E-state index in [1.54, 1.807) is 42.5 Å². The molecule has 6 rings (SSSR count). The molecule has 0 saturated carbocycles. The van der Waals surface area contributed by atoms with E-state index >= 15 is 0 Å². The van der Waals surface area contributed by atoms with E-state index in [-0.39, 0.29) is 60.6 Å². The minimum Gasteiger partial charge on any atom is -0.493 e. The van der Waals surface area contributed by atoms with Crippen LogP contribution in [0.5, 0.6) is 28.9 Å². The maximum atomic E-state index is 13.4. The highest BCUT2D eigenvalue weighted by molar-refractivity contribution is 7.92. The lowest BCUT2D eigenvalue weighted by atomic mass is 10.3. The molecule has 1 unspecified atom stereocenters. The highest BCUT2D eigenvalue weighted by Gasteiger charge is 2.37. The van der Waals surface area contributed by atoms with Crippen molar-refractivity contribution in [3.63, 3.8) is 0 Å². The molecule has 2 aliphatic heterocycles. The van der Waals surface area contributed by atoms with Gasteiger partial charge in [-0.05, 0) is 36.4 Å². The number of carbonyl (C=O) groups is 2. The van der Waals surface area contributed by atoms with Gasteiger partial charge in [-0.15, -0.1) is 0 Å². The van der Waals surface area contributed by atoms with Crippen LogP contribution >= 0.6 is 0 Å². The fraction of sp³-hybridized carbons (Fsp3) is 0.233. The molecule has 1 fully saturated rings. The van der Waals surface area contributed by atoms with Crippen LogP contribution in [0, 0.1) is 0 Å². The summed E-state index contributed by atoms with van der Waals surface area (Å²) < 4.78 is 62.1. The molecular formula is C30H28N6O10S. The number of benzene rings is 2. The Labute approximate surface area is 268 Å². The number of nitrogens with one attached hydrogen (secondary N) is 2. The summed E-state index contributed by atoms with van der Waals surface area (Å²) in [4.78, 5) is 39.0. The third-order valence-electron chi connectivity index (χ3n) is 6.75. The molecule has 2 amide bonds. The maximum Gasteiger partial charge on any atom is 0.412 e. The van der Waals surface area contributed by atoms with Crippen molar-refractivity contribution in [1.82, 2.24) is 15.0 Å². The molecule has 2 N–H and O–H groups in total. The predicted octanol–water partition coefficient (Wildman–Crippen LogP) is 3.57. The van der Waals surface area contributed by atoms with Gasteiger partial charge in [-0.1, -0.05) is 18.2 Å². The molecule has 244 valence electrons. The highest BCUT2D eigenvalue weighted by atomic mass is 32.2. The first-order valence-electron chi connectivity index (χ1n) is 14.2. The highest BCUT2D eigenvalue weighted by Crippen LogP contribution is 2.35. The number of fused-ring (bicyclic) bond motifs is 1. The van der Waals surface area contributed by atoms with Crippen molar-refractivity contribution in [3.8, 4) is 28.9 Å². The van der Waals surface area contributed by atoms with Gasteiger partial charge >= 0.3 is 6.09 Å². The Morgan fingerprint density at radius 1 is 0.979 bits per heavy atom. The van der Waals surface area contributed by atoms with Crippen molar-refractivity contribution in [2.24, 2.45) is 0 Å². The zero-order valence-corrected chi connectivity index (χ0v) is 25.6. The van der Waals surface area contributed by atoms with Crippen molar-refractivity contribution in [3.05, 3.63) is 72.9 Å². The first-order chi connectivity index (χ1) is 22.8. The Morgan fingerprint density at radius 3 is 2.60 bits per heavy atom. The molecular weight excluding hydrogens is 636 g/mol. The van der Waals surface area contributed by atoms with Crippen LogP contribution < -0.4 is 38.6 Å². The van der Waals surface area contributed by atoms with Gasteiger partial charge in [0.1, 0.15) is 24.8 Å². The number of anilines is 3. The van der Waals surface area contributed by atoms with Crippen LogP contribution in [0.4, 0.5) is 22.4 Å². The van der Waals surface area contributed by atoms with E-state index in [4.69, 9.17) is 28.4 Å². The van der Waals surface area contributed by atoms with Crippen LogP contribution in [0.2, 0.25) is 0 Å². The van der Waals surface area contributed by atoms with Crippen LogP contribution in [-0.2, 0) is 19.6 Å². The smallest absolute Gasteiger partial charge is 0.412 e. The quantitative estimate of drug-likeness (QED) is 0.209. The maximum absolute atomic E-state index is 13.4. The summed E-state index contributed by atoms with van der Waals surface area (Å²) in [6, 6.07) is 17.3. The van der Waals surface area contributed by atoms with Crippen molar-refractivity contribution in [2.75, 3.05) is 42.1 Å². The predicted molar refractivity (Wildman–Crippen MR) is 164 cm³/mol. The lowest BCUT2D eigenvalue weighted by Gasteiger charge is -2.25. The molecule has 1 atom stereocenters. The van der Waals surface area contributed by atoms with Crippen LogP contribution in [0.1, 0.15) is 12.8 Å². The van der Waals surface area contributed by atoms with Crippen LogP contribution in [0.3, 0.4) is 0 Å². The second kappa shape index (κ2) is 13.7. The van der Waals surface area contributed by atoms with Crippen molar-refractivity contribution >= 4 is 39.6 Å². The first-order valence-corrected chi connectivity index (χ1v) is 15.7. The van der Waals surface area contributed by atoms with E-state index in [0.717, 1.165) is 0 Å². The number of pyridine rings is 1. The molecule has 2 aromatic carbocycles. The van der Waals surface area contributed by atoms with Crippen LogP contribution in [0.25, 0.3) is 0 Å². The third kappa shape index (κ3) is 7.36. The van der Waals surface area contributed by atoms with E-state index in [0.29, 0.717) is 29.5 Å². The van der Waals surface area contributed by atoms with E-state index in [2.05, 4.69) is 25.0 Å². The molecule has 4 heterocycles. The third-order valence-corrected chi connectivity index (χ3v) is 8.11. The van der Waals surface area contributed by atoms with E-state index in [1.807, 2.05) is 0 Å². The number of sulfonamides is 1. The minimum absolute atomic E-state index is 0.0291. The normalized spacial score (nSPS) is 15.2. The van der Waals surface area contributed by atoms with E-state index < -0.39 is 22.3 Å². The topological polar surface area (TPSA) is 190 Å². The number of aromatic nitrogens is 3. The van der Waals surface area contributed by atoms with Gasteiger partial charge in [0, 0.05) is 31.2 Å². The number of amides is 2. The van der Waals surface area contributed by atoms with Crippen molar-refractivity contribution in [2.45, 2.75) is 24.0 Å². The zero-order valence-electron chi connectivity index (χ0n) is 24.8.